The highest BCUT2D eigenvalue weighted by Gasteiger charge is 2.46. The molecule has 20 heavy (non-hydrogen) atoms. The summed E-state index contributed by atoms with van der Waals surface area (Å²) in [6.07, 6.45) is -0.469. The van der Waals surface area contributed by atoms with Gasteiger partial charge in [0.2, 0.25) is 0 Å². The maximum atomic E-state index is 6.15. The first-order chi connectivity index (χ1) is 9.70. The van der Waals surface area contributed by atoms with E-state index in [0.717, 1.165) is 5.56 Å². The SMILES string of the molecule is CO[C@@H]1OC2COC(c3ccccc3)O[C@H]2[C@H](C)C1C. The summed E-state index contributed by atoms with van der Waals surface area (Å²) >= 11 is 0. The lowest BCUT2D eigenvalue weighted by molar-refractivity contribution is -0.339. The van der Waals surface area contributed by atoms with Crippen molar-refractivity contribution in [1.82, 2.24) is 0 Å². The molecule has 4 heteroatoms. The summed E-state index contributed by atoms with van der Waals surface area (Å²) in [6.45, 7) is 4.89. The Hall–Kier alpha value is -0.940. The highest BCUT2D eigenvalue weighted by Crippen LogP contribution is 2.39. The van der Waals surface area contributed by atoms with Crippen molar-refractivity contribution in [3.8, 4) is 0 Å². The quantitative estimate of drug-likeness (QED) is 0.833. The van der Waals surface area contributed by atoms with E-state index in [1.807, 2.05) is 30.3 Å². The fourth-order valence-corrected chi connectivity index (χ4v) is 3.02. The summed E-state index contributed by atoms with van der Waals surface area (Å²) in [7, 11) is 1.69. The largest absolute Gasteiger partial charge is 0.356 e. The first kappa shape index (κ1) is 14.0. The first-order valence-electron chi connectivity index (χ1n) is 7.21. The van der Waals surface area contributed by atoms with E-state index in [1.54, 1.807) is 7.11 Å². The van der Waals surface area contributed by atoms with Gasteiger partial charge >= 0.3 is 0 Å². The zero-order chi connectivity index (χ0) is 14.1. The predicted molar refractivity (Wildman–Crippen MR) is 74.0 cm³/mol. The van der Waals surface area contributed by atoms with Crippen LogP contribution >= 0.6 is 0 Å². The summed E-state index contributed by atoms with van der Waals surface area (Å²) in [6, 6.07) is 10.0. The monoisotopic (exact) mass is 278 g/mol. The summed E-state index contributed by atoms with van der Waals surface area (Å²) in [5, 5.41) is 0. The molecule has 0 aromatic heterocycles. The number of ether oxygens (including phenoxy) is 4. The number of hydrogen-bond acceptors (Lipinski definition) is 4. The molecule has 0 aliphatic carbocycles. The number of benzene rings is 1. The fourth-order valence-electron chi connectivity index (χ4n) is 3.02. The van der Waals surface area contributed by atoms with Crippen molar-refractivity contribution in [3.05, 3.63) is 35.9 Å². The van der Waals surface area contributed by atoms with Crippen LogP contribution in [0, 0.1) is 11.8 Å². The van der Waals surface area contributed by atoms with Crippen LogP contribution in [-0.2, 0) is 18.9 Å². The van der Waals surface area contributed by atoms with Crippen LogP contribution in [0.15, 0.2) is 30.3 Å². The molecule has 6 atom stereocenters. The van der Waals surface area contributed by atoms with Gasteiger partial charge in [-0.05, 0) is 5.92 Å². The molecule has 1 aromatic carbocycles. The van der Waals surface area contributed by atoms with E-state index in [0.29, 0.717) is 18.4 Å². The van der Waals surface area contributed by atoms with Crippen molar-refractivity contribution in [2.45, 2.75) is 38.6 Å². The van der Waals surface area contributed by atoms with E-state index in [-0.39, 0.29) is 24.8 Å². The van der Waals surface area contributed by atoms with E-state index in [2.05, 4.69) is 13.8 Å². The normalized spacial score (nSPS) is 41.1. The summed E-state index contributed by atoms with van der Waals surface area (Å²) < 4.78 is 23.3. The lowest BCUT2D eigenvalue weighted by atomic mass is 9.84. The molecule has 4 nitrogen and oxygen atoms in total. The molecule has 1 aromatic rings. The Bertz CT molecular complexity index is 433. The molecule has 0 amide bonds. The molecule has 0 N–H and O–H groups in total. The molecule has 0 spiro atoms. The summed E-state index contributed by atoms with van der Waals surface area (Å²) in [5.41, 5.74) is 1.06. The van der Waals surface area contributed by atoms with Gasteiger partial charge in [-0.2, -0.15) is 0 Å². The molecule has 3 unspecified atom stereocenters. The molecule has 2 aliphatic rings. The number of hydrogen-bond donors (Lipinski definition) is 0. The van der Waals surface area contributed by atoms with Gasteiger partial charge in [0.05, 0.1) is 12.7 Å². The molecule has 3 rings (SSSR count). The zero-order valence-corrected chi connectivity index (χ0v) is 12.2. The van der Waals surface area contributed by atoms with Crippen LogP contribution in [0.25, 0.3) is 0 Å². The average Bonchev–Trinajstić information content (AvgIpc) is 2.51. The van der Waals surface area contributed by atoms with E-state index in [9.17, 15) is 0 Å². The standard InChI is InChI=1S/C16H22O4/c1-10-11(2)15(17-3)19-13-9-18-16(20-14(10)13)12-7-5-4-6-8-12/h4-8,10-11,13-16H,9H2,1-3H3/t10-,11?,13?,14+,15-,16?/m1/s1. The lowest BCUT2D eigenvalue weighted by Gasteiger charge is -2.47. The highest BCUT2D eigenvalue weighted by atomic mass is 16.7. The third kappa shape index (κ3) is 2.49. The van der Waals surface area contributed by atoms with Crippen molar-refractivity contribution >= 4 is 0 Å². The molecular weight excluding hydrogens is 256 g/mol. The van der Waals surface area contributed by atoms with E-state index >= 15 is 0 Å². The maximum absolute atomic E-state index is 6.15. The average molecular weight is 278 g/mol. The van der Waals surface area contributed by atoms with Crippen molar-refractivity contribution < 1.29 is 18.9 Å². The van der Waals surface area contributed by atoms with E-state index in [4.69, 9.17) is 18.9 Å². The topological polar surface area (TPSA) is 36.9 Å². The van der Waals surface area contributed by atoms with Gasteiger partial charge in [-0.25, -0.2) is 0 Å². The molecule has 2 heterocycles. The minimum Gasteiger partial charge on any atom is -0.356 e. The Morgan fingerprint density at radius 3 is 2.50 bits per heavy atom. The van der Waals surface area contributed by atoms with Gasteiger partial charge in [0.1, 0.15) is 6.10 Å². The number of methoxy groups -OCH3 is 1. The van der Waals surface area contributed by atoms with Crippen molar-refractivity contribution in [3.63, 3.8) is 0 Å². The molecule has 2 aliphatic heterocycles. The smallest absolute Gasteiger partial charge is 0.184 e. The van der Waals surface area contributed by atoms with Gasteiger partial charge in [-0.3, -0.25) is 0 Å². The van der Waals surface area contributed by atoms with Gasteiger partial charge < -0.3 is 18.9 Å². The third-order valence-corrected chi connectivity index (χ3v) is 4.45. The van der Waals surface area contributed by atoms with Gasteiger partial charge in [-0.1, -0.05) is 44.2 Å². The Kier molecular flexibility index (Phi) is 4.08. The van der Waals surface area contributed by atoms with Gasteiger partial charge in [0.15, 0.2) is 12.6 Å². The molecule has 110 valence electrons. The van der Waals surface area contributed by atoms with Gasteiger partial charge in [0, 0.05) is 18.6 Å². The Morgan fingerprint density at radius 2 is 1.80 bits per heavy atom. The van der Waals surface area contributed by atoms with Crippen LogP contribution in [0.1, 0.15) is 25.7 Å². The maximum Gasteiger partial charge on any atom is 0.184 e. The molecule has 0 bridgehead atoms. The second kappa shape index (κ2) is 5.82. The number of fused-ring (bicyclic) bond motifs is 1. The molecular formula is C16H22O4. The van der Waals surface area contributed by atoms with Gasteiger partial charge in [0.25, 0.3) is 0 Å². The Balaban J connectivity index is 1.74. The molecule has 2 fully saturated rings. The van der Waals surface area contributed by atoms with E-state index in [1.165, 1.54) is 0 Å². The third-order valence-electron chi connectivity index (χ3n) is 4.45. The van der Waals surface area contributed by atoms with Crippen molar-refractivity contribution in [1.29, 1.82) is 0 Å². The molecule has 0 saturated carbocycles. The summed E-state index contributed by atoms with van der Waals surface area (Å²) in [4.78, 5) is 0. The predicted octanol–water partition coefficient (Wildman–Crippen LogP) is 2.74. The summed E-state index contributed by atoms with van der Waals surface area (Å²) in [5.74, 6) is 0.671. The second-order valence-electron chi connectivity index (χ2n) is 5.67. The highest BCUT2D eigenvalue weighted by molar-refractivity contribution is 5.16. The first-order valence-corrected chi connectivity index (χ1v) is 7.21. The van der Waals surface area contributed by atoms with Gasteiger partial charge in [-0.15, -0.1) is 0 Å². The van der Waals surface area contributed by atoms with Crippen LogP contribution in [-0.4, -0.2) is 32.2 Å². The van der Waals surface area contributed by atoms with Crippen molar-refractivity contribution in [2.75, 3.05) is 13.7 Å². The molecule has 2 saturated heterocycles. The number of rotatable bonds is 2. The molecule has 0 radical (unpaired) electrons. The fraction of sp³-hybridized carbons (Fsp3) is 0.625. The second-order valence-corrected chi connectivity index (χ2v) is 5.67. The lowest BCUT2D eigenvalue weighted by Crippen LogP contribution is -2.55. The minimum atomic E-state index is -0.296. The Morgan fingerprint density at radius 1 is 1.05 bits per heavy atom. The van der Waals surface area contributed by atoms with Crippen LogP contribution in [0.4, 0.5) is 0 Å². The Labute approximate surface area is 120 Å². The van der Waals surface area contributed by atoms with Crippen molar-refractivity contribution in [2.24, 2.45) is 11.8 Å². The van der Waals surface area contributed by atoms with E-state index < -0.39 is 0 Å². The minimum absolute atomic E-state index is 0.0499. The van der Waals surface area contributed by atoms with Crippen LogP contribution < -0.4 is 0 Å². The van der Waals surface area contributed by atoms with Crippen LogP contribution in [0.3, 0.4) is 0 Å². The zero-order valence-electron chi connectivity index (χ0n) is 12.2. The van der Waals surface area contributed by atoms with Crippen LogP contribution in [0.5, 0.6) is 0 Å². The van der Waals surface area contributed by atoms with Crippen LogP contribution in [0.2, 0.25) is 0 Å².